The Balaban J connectivity index is 0.000000191. The molecule has 8 heteroatoms. The molecule has 0 aromatic heterocycles. The Morgan fingerprint density at radius 2 is 0.731 bits per heavy atom. The van der Waals surface area contributed by atoms with Crippen LogP contribution in [0.2, 0.25) is 0 Å². The molecule has 10 rings (SSSR count). The first-order valence-electron chi connectivity index (χ1n) is 26.8. The molecule has 0 radical (unpaired) electrons. The largest absolute Gasteiger partial charge is 0.274 e. The van der Waals surface area contributed by atoms with Gasteiger partial charge in [0, 0.05) is 18.6 Å². The number of imide groups is 2. The van der Waals surface area contributed by atoms with Crippen molar-refractivity contribution >= 4 is 81.7 Å². The molecule has 8 aromatic rings. The van der Waals surface area contributed by atoms with Gasteiger partial charge in [-0.1, -0.05) is 232 Å². The highest BCUT2D eigenvalue weighted by Crippen LogP contribution is 2.40. The average Bonchev–Trinajstić information content (AvgIpc) is 3.98. The molecule has 1 atom stereocenters. The van der Waals surface area contributed by atoms with Crippen molar-refractivity contribution in [3.8, 4) is 0 Å². The number of carbonyl (C=O) groups is 4. The minimum atomic E-state index is -0.318. The third kappa shape index (κ3) is 13.9. The van der Waals surface area contributed by atoms with E-state index < -0.39 is 0 Å². The van der Waals surface area contributed by atoms with Gasteiger partial charge >= 0.3 is 0 Å². The van der Waals surface area contributed by atoms with Crippen LogP contribution < -0.4 is 9.80 Å². The Morgan fingerprint density at radius 3 is 1.04 bits per heavy atom. The number of rotatable bonds is 16. The van der Waals surface area contributed by atoms with Gasteiger partial charge in [0.1, 0.15) is 0 Å². The Bertz CT molecular complexity index is 3350. The van der Waals surface area contributed by atoms with Gasteiger partial charge in [-0.25, -0.2) is 9.80 Å². The Hall–Kier alpha value is -8.04. The number of hydrogen-bond donors (Lipinski definition) is 1. The van der Waals surface area contributed by atoms with Crippen LogP contribution in [-0.2, 0) is 19.2 Å². The van der Waals surface area contributed by atoms with Gasteiger partial charge in [0.05, 0.1) is 16.6 Å². The molecule has 2 aliphatic heterocycles. The van der Waals surface area contributed by atoms with E-state index in [1.54, 1.807) is 11.8 Å². The van der Waals surface area contributed by atoms with Crippen LogP contribution in [0.15, 0.2) is 231 Å². The van der Waals surface area contributed by atoms with Crippen molar-refractivity contribution in [2.75, 3.05) is 21.3 Å². The molecule has 1 fully saturated rings. The summed E-state index contributed by atoms with van der Waals surface area (Å²) in [7, 11) is 0. The molecular weight excluding hydrogens is 997 g/mol. The fourth-order valence-corrected chi connectivity index (χ4v) is 11.0. The molecule has 2 heterocycles. The topological polar surface area (TPSA) is 74.8 Å². The molecule has 0 bridgehead atoms. The molecule has 392 valence electrons. The van der Waals surface area contributed by atoms with E-state index in [1.807, 2.05) is 97.1 Å². The predicted octanol–water partition coefficient (Wildman–Crippen LogP) is 16.3. The maximum Gasteiger partial charge on any atom is 0.258 e. The van der Waals surface area contributed by atoms with Gasteiger partial charge in [0.15, 0.2) is 0 Å². The lowest BCUT2D eigenvalue weighted by molar-refractivity contribution is -0.122. The normalized spacial score (nSPS) is 14.6. The van der Waals surface area contributed by atoms with Gasteiger partial charge < -0.3 is 0 Å². The SMILES string of the molecule is CCCCS.CCCCSC1CC(=O)N(c2ccc(C(=C(c3ccccc3)c3ccc(C)cc3)c3ccccc3)cc2)C1=O.Cc1ccc(C(=C(c2ccccc2)c2ccc(N3C(=O)C=CC3=O)cc2)c2ccccc2)cc1. The van der Waals surface area contributed by atoms with E-state index in [9.17, 15) is 19.2 Å². The fraction of sp³-hybridized carbons (Fsp3) is 0.171. The summed E-state index contributed by atoms with van der Waals surface area (Å²) in [6.45, 7) is 8.48. The summed E-state index contributed by atoms with van der Waals surface area (Å²) >= 11 is 5.61. The second-order valence-electron chi connectivity index (χ2n) is 19.2. The van der Waals surface area contributed by atoms with E-state index in [0.29, 0.717) is 11.4 Å². The molecular formula is C70H66N2O4S2. The lowest BCUT2D eigenvalue weighted by Crippen LogP contribution is -2.31. The minimum Gasteiger partial charge on any atom is -0.274 e. The van der Waals surface area contributed by atoms with E-state index in [-0.39, 0.29) is 35.3 Å². The molecule has 78 heavy (non-hydrogen) atoms. The maximum atomic E-state index is 13.1. The summed E-state index contributed by atoms with van der Waals surface area (Å²) in [5, 5.41) is -0.283. The van der Waals surface area contributed by atoms with Crippen molar-refractivity contribution in [1.29, 1.82) is 0 Å². The monoisotopic (exact) mass is 1060 g/mol. The second kappa shape index (κ2) is 27.8. The van der Waals surface area contributed by atoms with E-state index in [0.717, 1.165) is 91.1 Å². The number of hydrogen-bond acceptors (Lipinski definition) is 6. The summed E-state index contributed by atoms with van der Waals surface area (Å²) < 4.78 is 0. The van der Waals surface area contributed by atoms with E-state index in [1.165, 1.54) is 45.9 Å². The van der Waals surface area contributed by atoms with Gasteiger partial charge in [-0.2, -0.15) is 12.6 Å². The van der Waals surface area contributed by atoms with Crippen molar-refractivity contribution in [2.45, 2.75) is 65.0 Å². The number of thiol groups is 1. The molecule has 2 aliphatic rings. The molecule has 0 N–H and O–H groups in total. The molecule has 0 aliphatic carbocycles. The molecule has 4 amide bonds. The molecule has 6 nitrogen and oxygen atoms in total. The number of amides is 4. The Labute approximate surface area is 470 Å². The standard InChI is InChI=1S/C35H33NO2S.C31H23NO2.C4H10S/c1-3-4-23-39-31-24-32(37)36(35(31)38)30-21-19-29(20-22-30)34(27-13-9-6-10-14-27)33(26-11-7-5-8-12-26)28-17-15-25(2)16-18-28;1-22-12-14-25(15-13-22)30(23-8-4-2-5-9-23)31(24-10-6-3-7-11-24)26-16-18-27(19-17-26)32-28(33)20-21-29(32)34;1-2-3-4-5/h5-22,31H,3-4,23-24H2,1-2H3;2-21H,1H3;5H,2-4H2,1H3. The van der Waals surface area contributed by atoms with Crippen LogP contribution in [-0.4, -0.2) is 40.4 Å². The van der Waals surface area contributed by atoms with Crippen molar-refractivity contribution in [3.63, 3.8) is 0 Å². The van der Waals surface area contributed by atoms with Crippen LogP contribution in [0.4, 0.5) is 11.4 Å². The smallest absolute Gasteiger partial charge is 0.258 e. The van der Waals surface area contributed by atoms with Gasteiger partial charge in [-0.15, -0.1) is 11.8 Å². The zero-order valence-electron chi connectivity index (χ0n) is 44.8. The first kappa shape index (κ1) is 56.2. The predicted molar refractivity (Wildman–Crippen MR) is 330 cm³/mol. The molecule has 1 unspecified atom stereocenters. The van der Waals surface area contributed by atoms with Crippen LogP contribution in [0.3, 0.4) is 0 Å². The van der Waals surface area contributed by atoms with Crippen molar-refractivity contribution in [1.82, 2.24) is 0 Å². The summed E-state index contributed by atoms with van der Waals surface area (Å²) in [6.07, 6.45) is 7.53. The van der Waals surface area contributed by atoms with Crippen molar-refractivity contribution < 1.29 is 19.2 Å². The van der Waals surface area contributed by atoms with Crippen LogP contribution >= 0.6 is 24.4 Å². The van der Waals surface area contributed by atoms with Crippen LogP contribution in [0.5, 0.6) is 0 Å². The Kier molecular flexibility index (Phi) is 20.0. The van der Waals surface area contributed by atoms with E-state index >= 15 is 0 Å². The Morgan fingerprint density at radius 1 is 0.423 bits per heavy atom. The fourth-order valence-electron chi connectivity index (χ4n) is 9.42. The number of nitrogens with zero attached hydrogens (tertiary/aromatic N) is 2. The zero-order chi connectivity index (χ0) is 54.8. The third-order valence-electron chi connectivity index (χ3n) is 13.5. The maximum absolute atomic E-state index is 13.1. The van der Waals surface area contributed by atoms with Gasteiger partial charge in [-0.05, 0) is 129 Å². The van der Waals surface area contributed by atoms with Crippen LogP contribution in [0.25, 0.3) is 22.3 Å². The number of thioether (sulfide) groups is 1. The van der Waals surface area contributed by atoms with Gasteiger partial charge in [0.2, 0.25) is 11.8 Å². The number of unbranched alkanes of at least 4 members (excludes halogenated alkanes) is 2. The van der Waals surface area contributed by atoms with Crippen molar-refractivity contribution in [2.24, 2.45) is 0 Å². The molecule has 8 aromatic carbocycles. The first-order chi connectivity index (χ1) is 38.1. The number of carbonyl (C=O) groups excluding carboxylic acids is 4. The highest BCUT2D eigenvalue weighted by Gasteiger charge is 2.39. The summed E-state index contributed by atoms with van der Waals surface area (Å²) in [5.41, 5.74) is 16.8. The van der Waals surface area contributed by atoms with E-state index in [4.69, 9.17) is 0 Å². The second-order valence-corrected chi connectivity index (χ2v) is 21.0. The quantitative estimate of drug-likeness (QED) is 0.0452. The number of anilines is 2. The van der Waals surface area contributed by atoms with E-state index in [2.05, 4.69) is 162 Å². The highest BCUT2D eigenvalue weighted by atomic mass is 32.2. The summed E-state index contributed by atoms with van der Waals surface area (Å²) in [5.74, 6) is 1.08. The number of aryl methyl sites for hydroxylation is 2. The highest BCUT2D eigenvalue weighted by molar-refractivity contribution is 8.00. The van der Waals surface area contributed by atoms with Gasteiger partial charge in [0.25, 0.3) is 11.8 Å². The van der Waals surface area contributed by atoms with Crippen LogP contribution in [0.1, 0.15) is 102 Å². The lowest BCUT2D eigenvalue weighted by atomic mass is 9.85. The van der Waals surface area contributed by atoms with Gasteiger partial charge in [-0.3, -0.25) is 19.2 Å². The third-order valence-corrected chi connectivity index (χ3v) is 15.1. The van der Waals surface area contributed by atoms with Crippen molar-refractivity contribution in [3.05, 3.63) is 286 Å². The summed E-state index contributed by atoms with van der Waals surface area (Å²) in [4.78, 5) is 52.8. The number of benzene rings is 8. The molecule has 0 saturated carbocycles. The van der Waals surface area contributed by atoms with Crippen LogP contribution in [0, 0.1) is 13.8 Å². The first-order valence-corrected chi connectivity index (χ1v) is 28.5. The molecule has 0 spiro atoms. The minimum absolute atomic E-state index is 0.0997. The zero-order valence-corrected chi connectivity index (χ0v) is 46.6. The average molecular weight is 1060 g/mol. The summed E-state index contributed by atoms with van der Waals surface area (Å²) in [6, 6.07) is 74.2. The lowest BCUT2D eigenvalue weighted by Gasteiger charge is -2.20. The molecule has 1 saturated heterocycles.